The van der Waals surface area contributed by atoms with Crippen molar-refractivity contribution in [2.45, 2.75) is 51.1 Å². The third kappa shape index (κ3) is 2.46. The van der Waals surface area contributed by atoms with Crippen molar-refractivity contribution in [3.63, 3.8) is 0 Å². The summed E-state index contributed by atoms with van der Waals surface area (Å²) < 4.78 is 0. The molecular weight excluding hydrogens is 148 g/mol. The number of nitrogens with one attached hydrogen (secondary N) is 1. The van der Waals surface area contributed by atoms with Gasteiger partial charge in [-0.1, -0.05) is 26.2 Å². The van der Waals surface area contributed by atoms with Gasteiger partial charge in [0.05, 0.1) is 0 Å². The van der Waals surface area contributed by atoms with Gasteiger partial charge in [-0.2, -0.15) is 0 Å². The van der Waals surface area contributed by atoms with Crippen molar-refractivity contribution in [2.24, 2.45) is 11.7 Å². The number of rotatable bonds is 2. The van der Waals surface area contributed by atoms with E-state index in [9.17, 15) is 0 Å². The van der Waals surface area contributed by atoms with Crippen molar-refractivity contribution >= 4 is 0 Å². The second kappa shape index (κ2) is 4.83. The van der Waals surface area contributed by atoms with Crippen LogP contribution in [-0.4, -0.2) is 19.1 Å². The lowest BCUT2D eigenvalue weighted by atomic mass is 9.95. The Kier molecular flexibility index (Phi) is 4.02. The molecule has 3 N–H and O–H groups in total. The first-order chi connectivity index (χ1) is 5.77. The molecule has 1 aliphatic carbocycles. The SMILES string of the molecule is CCC1CCCC(NC)C(N)C1. The maximum Gasteiger partial charge on any atom is 0.0216 e. The molecule has 2 nitrogen and oxygen atoms in total. The lowest BCUT2D eigenvalue weighted by molar-refractivity contribution is 0.389. The molecule has 3 atom stereocenters. The van der Waals surface area contributed by atoms with Gasteiger partial charge >= 0.3 is 0 Å². The Morgan fingerprint density at radius 1 is 1.42 bits per heavy atom. The van der Waals surface area contributed by atoms with Crippen LogP contribution in [0.4, 0.5) is 0 Å². The fourth-order valence-corrected chi connectivity index (χ4v) is 2.24. The highest BCUT2D eigenvalue weighted by atomic mass is 14.9. The third-order valence-electron chi connectivity index (χ3n) is 3.20. The van der Waals surface area contributed by atoms with Gasteiger partial charge in [-0.15, -0.1) is 0 Å². The molecule has 0 aromatic carbocycles. The number of likely N-dealkylation sites (N-methyl/N-ethyl adjacent to an activating group) is 1. The van der Waals surface area contributed by atoms with Crippen molar-refractivity contribution in [2.75, 3.05) is 7.05 Å². The predicted molar refractivity (Wildman–Crippen MR) is 53.1 cm³/mol. The van der Waals surface area contributed by atoms with E-state index in [1.54, 1.807) is 0 Å². The molecule has 0 heterocycles. The van der Waals surface area contributed by atoms with Gasteiger partial charge in [0.15, 0.2) is 0 Å². The van der Waals surface area contributed by atoms with Crippen LogP contribution in [0.25, 0.3) is 0 Å². The van der Waals surface area contributed by atoms with Crippen LogP contribution in [0.15, 0.2) is 0 Å². The summed E-state index contributed by atoms with van der Waals surface area (Å²) in [6, 6.07) is 0.934. The maximum absolute atomic E-state index is 6.09. The van der Waals surface area contributed by atoms with Crippen LogP contribution in [0.1, 0.15) is 39.0 Å². The Morgan fingerprint density at radius 3 is 2.75 bits per heavy atom. The van der Waals surface area contributed by atoms with Gasteiger partial charge in [-0.25, -0.2) is 0 Å². The molecule has 12 heavy (non-hydrogen) atoms. The summed E-state index contributed by atoms with van der Waals surface area (Å²) in [4.78, 5) is 0. The van der Waals surface area contributed by atoms with Crippen molar-refractivity contribution in [3.8, 4) is 0 Å². The molecule has 0 spiro atoms. The minimum Gasteiger partial charge on any atom is -0.326 e. The van der Waals surface area contributed by atoms with Gasteiger partial charge < -0.3 is 11.1 Å². The predicted octanol–water partition coefficient (Wildman–Crippen LogP) is 1.50. The summed E-state index contributed by atoms with van der Waals surface area (Å²) >= 11 is 0. The molecule has 2 heteroatoms. The van der Waals surface area contributed by atoms with Crippen molar-refractivity contribution in [3.05, 3.63) is 0 Å². The maximum atomic E-state index is 6.09. The molecule has 3 unspecified atom stereocenters. The van der Waals surface area contributed by atoms with Gasteiger partial charge in [0, 0.05) is 12.1 Å². The van der Waals surface area contributed by atoms with Crippen molar-refractivity contribution in [1.29, 1.82) is 0 Å². The highest BCUT2D eigenvalue weighted by Crippen LogP contribution is 2.24. The van der Waals surface area contributed by atoms with Gasteiger partial charge in [-0.05, 0) is 25.8 Å². The van der Waals surface area contributed by atoms with E-state index in [1.807, 2.05) is 7.05 Å². The summed E-state index contributed by atoms with van der Waals surface area (Å²) in [5.74, 6) is 0.873. The molecule has 0 saturated heterocycles. The molecule has 0 aromatic rings. The zero-order valence-electron chi connectivity index (χ0n) is 8.34. The van der Waals surface area contributed by atoms with Gasteiger partial charge in [-0.3, -0.25) is 0 Å². The Bertz CT molecular complexity index is 125. The molecule has 0 aromatic heterocycles. The molecule has 0 amide bonds. The lowest BCUT2D eigenvalue weighted by Crippen LogP contribution is -2.43. The molecular formula is C10H22N2. The smallest absolute Gasteiger partial charge is 0.0216 e. The van der Waals surface area contributed by atoms with Crippen LogP contribution >= 0.6 is 0 Å². The fraction of sp³-hybridized carbons (Fsp3) is 1.00. The normalized spacial score (nSPS) is 37.8. The zero-order chi connectivity index (χ0) is 8.97. The first kappa shape index (κ1) is 10.0. The van der Waals surface area contributed by atoms with Crippen molar-refractivity contribution in [1.82, 2.24) is 5.32 Å². The Morgan fingerprint density at radius 2 is 2.17 bits per heavy atom. The van der Waals surface area contributed by atoms with E-state index in [-0.39, 0.29) is 0 Å². The van der Waals surface area contributed by atoms with E-state index in [4.69, 9.17) is 5.73 Å². The van der Waals surface area contributed by atoms with Gasteiger partial charge in [0.25, 0.3) is 0 Å². The summed E-state index contributed by atoms with van der Waals surface area (Å²) in [5, 5.41) is 3.31. The van der Waals surface area contributed by atoms with Crippen LogP contribution in [0.5, 0.6) is 0 Å². The van der Waals surface area contributed by atoms with Crippen LogP contribution in [0.2, 0.25) is 0 Å². The standard InChI is InChI=1S/C10H22N2/c1-3-8-5-4-6-10(12-2)9(11)7-8/h8-10,12H,3-7,11H2,1-2H3. The minimum atomic E-state index is 0.377. The summed E-state index contributed by atoms with van der Waals surface area (Å²) in [7, 11) is 2.02. The molecule has 0 radical (unpaired) electrons. The van der Waals surface area contributed by atoms with Crippen LogP contribution < -0.4 is 11.1 Å². The van der Waals surface area contributed by atoms with E-state index in [1.165, 1.54) is 32.1 Å². The quantitative estimate of drug-likeness (QED) is 0.616. The topological polar surface area (TPSA) is 38.0 Å². The molecule has 1 rings (SSSR count). The lowest BCUT2D eigenvalue weighted by Gasteiger charge is -2.22. The highest BCUT2D eigenvalue weighted by molar-refractivity contribution is 4.83. The molecule has 72 valence electrons. The monoisotopic (exact) mass is 170 g/mol. The van der Waals surface area contributed by atoms with Crippen LogP contribution in [-0.2, 0) is 0 Å². The number of hydrogen-bond donors (Lipinski definition) is 2. The van der Waals surface area contributed by atoms with E-state index >= 15 is 0 Å². The van der Waals surface area contributed by atoms with Crippen LogP contribution in [0.3, 0.4) is 0 Å². The Balaban J connectivity index is 2.44. The average Bonchev–Trinajstić information content (AvgIpc) is 2.26. The Hall–Kier alpha value is -0.0800. The second-order valence-electron chi connectivity index (χ2n) is 4.00. The third-order valence-corrected chi connectivity index (χ3v) is 3.20. The number of hydrogen-bond acceptors (Lipinski definition) is 2. The van der Waals surface area contributed by atoms with Gasteiger partial charge in [0.1, 0.15) is 0 Å². The highest BCUT2D eigenvalue weighted by Gasteiger charge is 2.23. The largest absolute Gasteiger partial charge is 0.326 e. The summed E-state index contributed by atoms with van der Waals surface area (Å²) in [6.45, 7) is 2.27. The van der Waals surface area contributed by atoms with E-state index in [2.05, 4.69) is 12.2 Å². The molecule has 0 aliphatic heterocycles. The molecule has 1 saturated carbocycles. The van der Waals surface area contributed by atoms with E-state index < -0.39 is 0 Å². The molecule has 1 fully saturated rings. The Labute approximate surface area is 75.9 Å². The van der Waals surface area contributed by atoms with Gasteiger partial charge in [0.2, 0.25) is 0 Å². The second-order valence-corrected chi connectivity index (χ2v) is 4.00. The number of nitrogens with two attached hydrogens (primary N) is 1. The minimum absolute atomic E-state index is 0.377. The first-order valence-electron chi connectivity index (χ1n) is 5.20. The molecule has 1 aliphatic rings. The van der Waals surface area contributed by atoms with Crippen LogP contribution in [0, 0.1) is 5.92 Å². The fourth-order valence-electron chi connectivity index (χ4n) is 2.24. The van der Waals surface area contributed by atoms with E-state index in [0.29, 0.717) is 12.1 Å². The average molecular weight is 170 g/mol. The van der Waals surface area contributed by atoms with Crippen molar-refractivity contribution < 1.29 is 0 Å². The zero-order valence-corrected chi connectivity index (χ0v) is 8.34. The summed E-state index contributed by atoms with van der Waals surface area (Å²) in [5.41, 5.74) is 6.09. The summed E-state index contributed by atoms with van der Waals surface area (Å²) in [6.07, 6.45) is 6.49. The first-order valence-corrected chi connectivity index (χ1v) is 5.20. The van der Waals surface area contributed by atoms with E-state index in [0.717, 1.165) is 5.92 Å². The molecule has 0 bridgehead atoms.